The van der Waals surface area contributed by atoms with Gasteiger partial charge in [-0.3, -0.25) is 14.2 Å². The zero-order chi connectivity index (χ0) is 41.8. The van der Waals surface area contributed by atoms with Crippen molar-refractivity contribution in [3.8, 4) is 0 Å². The van der Waals surface area contributed by atoms with Gasteiger partial charge in [-0.15, -0.1) is 0 Å². The first-order valence-corrected chi connectivity index (χ1v) is 25.0. The van der Waals surface area contributed by atoms with Gasteiger partial charge in [0.15, 0.2) is 6.10 Å². The van der Waals surface area contributed by atoms with E-state index in [0.717, 1.165) is 70.6 Å². The molecule has 0 fully saturated rings. The summed E-state index contributed by atoms with van der Waals surface area (Å²) in [6.07, 6.45) is 48.9. The second-order valence-corrected chi connectivity index (χ2v) is 17.1. The first-order chi connectivity index (χ1) is 27.8. The van der Waals surface area contributed by atoms with Gasteiger partial charge in [-0.2, -0.15) is 0 Å². The summed E-state index contributed by atoms with van der Waals surface area (Å²) in [5, 5.41) is 0. The zero-order valence-corrected chi connectivity index (χ0v) is 37.8. The molecule has 0 heterocycles. The monoisotopic (exact) mass is 826 g/mol. The van der Waals surface area contributed by atoms with Crippen LogP contribution in [0.3, 0.4) is 0 Å². The Morgan fingerprint density at radius 1 is 0.544 bits per heavy atom. The van der Waals surface area contributed by atoms with Crippen LogP contribution in [0.15, 0.2) is 36.5 Å². The van der Waals surface area contributed by atoms with Gasteiger partial charge in [0.05, 0.1) is 13.2 Å². The van der Waals surface area contributed by atoms with Crippen LogP contribution in [-0.4, -0.2) is 44.4 Å². The molecule has 2 atom stereocenters. The third-order valence-corrected chi connectivity index (χ3v) is 11.0. The average molecular weight is 826 g/mol. The molecule has 0 rings (SSSR count). The molecule has 334 valence electrons. The SMILES string of the molecule is CC/C=C\C/C=C\C/C=C\CCCCCCCC(=O)O[C@H](COC(=O)CCCCCCCCCCCCCCCCCCCCCCC)COP(=O)([O-])OCC[NH3+]. The molecule has 0 spiro atoms. The van der Waals surface area contributed by atoms with Crippen LogP contribution in [0.5, 0.6) is 0 Å². The topological polar surface area (TPSA) is 139 Å². The Hall–Kier alpha value is -1.77. The van der Waals surface area contributed by atoms with Crippen LogP contribution >= 0.6 is 7.82 Å². The predicted octanol–water partition coefficient (Wildman–Crippen LogP) is 12.4. The lowest BCUT2D eigenvalue weighted by atomic mass is 10.0. The van der Waals surface area contributed by atoms with Crippen molar-refractivity contribution in [1.82, 2.24) is 0 Å². The molecule has 9 nitrogen and oxygen atoms in total. The molecule has 0 amide bonds. The standard InChI is InChI=1S/C47H88NO8P/c1-3-5-7-9-11-13-15-17-19-20-21-22-23-24-26-27-29-31-33-35-37-39-46(49)53-43-45(44-55-57(51,52)54-42-41-48)56-47(50)40-38-36-34-32-30-28-25-18-16-14-12-10-8-6-4-2/h6,8,12,14,18,25,45H,3-5,7,9-11,13,15-17,19-24,26-44,48H2,1-2H3,(H,51,52)/b8-6-,14-12-,25-18-/t45-/m1/s1. The molecule has 0 aromatic heterocycles. The van der Waals surface area contributed by atoms with Crippen molar-refractivity contribution in [3.05, 3.63) is 36.5 Å². The van der Waals surface area contributed by atoms with Crippen molar-refractivity contribution in [3.63, 3.8) is 0 Å². The van der Waals surface area contributed by atoms with E-state index in [4.69, 9.17) is 18.5 Å². The molecule has 0 aromatic carbocycles. The Morgan fingerprint density at radius 2 is 0.965 bits per heavy atom. The quantitative estimate of drug-likeness (QED) is 0.0277. The van der Waals surface area contributed by atoms with Gasteiger partial charge in [-0.1, -0.05) is 198 Å². The van der Waals surface area contributed by atoms with Crippen LogP contribution in [0, 0.1) is 0 Å². The molecule has 0 aromatic rings. The van der Waals surface area contributed by atoms with Crippen molar-refractivity contribution in [1.29, 1.82) is 0 Å². The van der Waals surface area contributed by atoms with Crippen LogP contribution in [0.25, 0.3) is 0 Å². The third kappa shape index (κ3) is 43.6. The van der Waals surface area contributed by atoms with Gasteiger partial charge in [0.2, 0.25) is 0 Å². The van der Waals surface area contributed by atoms with Crippen LogP contribution in [0.1, 0.15) is 219 Å². The van der Waals surface area contributed by atoms with Crippen LogP contribution < -0.4 is 10.6 Å². The highest BCUT2D eigenvalue weighted by Gasteiger charge is 2.21. The van der Waals surface area contributed by atoms with E-state index in [2.05, 4.69) is 56.0 Å². The summed E-state index contributed by atoms with van der Waals surface area (Å²) in [6.45, 7) is 3.83. The Labute approximate surface area is 350 Å². The molecule has 1 unspecified atom stereocenters. The number of hydrogen-bond acceptors (Lipinski definition) is 8. The minimum absolute atomic E-state index is 0.107. The van der Waals surface area contributed by atoms with E-state index in [1.807, 2.05) is 0 Å². The Morgan fingerprint density at radius 3 is 1.44 bits per heavy atom. The summed E-state index contributed by atoms with van der Waals surface area (Å²) >= 11 is 0. The maximum atomic E-state index is 12.6. The number of hydrogen-bond donors (Lipinski definition) is 1. The number of ether oxygens (including phenoxy) is 2. The fraction of sp³-hybridized carbons (Fsp3) is 0.830. The van der Waals surface area contributed by atoms with Crippen LogP contribution in [0.2, 0.25) is 0 Å². The number of unbranched alkanes of at least 4 members (excludes halogenated alkanes) is 25. The highest BCUT2D eigenvalue weighted by molar-refractivity contribution is 7.45. The van der Waals surface area contributed by atoms with E-state index in [-0.39, 0.29) is 32.6 Å². The van der Waals surface area contributed by atoms with Crippen LogP contribution in [-0.2, 0) is 32.7 Å². The molecule has 0 aliphatic heterocycles. The first-order valence-electron chi connectivity index (χ1n) is 23.5. The van der Waals surface area contributed by atoms with E-state index in [9.17, 15) is 19.0 Å². The van der Waals surface area contributed by atoms with Crippen molar-refractivity contribution in [2.75, 3.05) is 26.4 Å². The minimum atomic E-state index is -4.59. The van der Waals surface area contributed by atoms with Gasteiger partial charge in [-0.05, 0) is 44.9 Å². The number of phosphoric acid groups is 1. The number of carbonyl (C=O) groups excluding carboxylic acids is 2. The fourth-order valence-corrected chi connectivity index (χ4v) is 7.37. The largest absolute Gasteiger partial charge is 0.756 e. The number of allylic oxidation sites excluding steroid dienone is 6. The van der Waals surface area contributed by atoms with E-state index in [1.54, 1.807) is 0 Å². The number of carbonyl (C=O) groups is 2. The Balaban J connectivity index is 4.06. The van der Waals surface area contributed by atoms with Gasteiger partial charge in [0, 0.05) is 12.8 Å². The second-order valence-electron chi connectivity index (χ2n) is 15.6. The summed E-state index contributed by atoms with van der Waals surface area (Å²) in [5.74, 6) is -0.858. The van der Waals surface area contributed by atoms with Crippen LogP contribution in [0.4, 0.5) is 0 Å². The fourth-order valence-electron chi connectivity index (χ4n) is 6.60. The molecule has 0 aliphatic carbocycles. The molecule has 57 heavy (non-hydrogen) atoms. The second kappa shape index (κ2) is 43.8. The minimum Gasteiger partial charge on any atom is -0.756 e. The zero-order valence-electron chi connectivity index (χ0n) is 36.9. The normalized spacial score (nSPS) is 13.5. The van der Waals surface area contributed by atoms with Crippen molar-refractivity contribution in [2.45, 2.75) is 225 Å². The predicted molar refractivity (Wildman–Crippen MR) is 235 cm³/mol. The molecule has 0 bridgehead atoms. The average Bonchev–Trinajstić information content (AvgIpc) is 3.20. The van der Waals surface area contributed by atoms with Gasteiger partial charge in [-0.25, -0.2) is 0 Å². The smallest absolute Gasteiger partial charge is 0.306 e. The molecular formula is C47H88NO8P. The van der Waals surface area contributed by atoms with Gasteiger partial charge >= 0.3 is 11.9 Å². The number of quaternary nitrogens is 1. The Kier molecular flexibility index (Phi) is 42.4. The van der Waals surface area contributed by atoms with Crippen molar-refractivity contribution >= 4 is 19.8 Å². The highest BCUT2D eigenvalue weighted by atomic mass is 31.2. The van der Waals surface area contributed by atoms with E-state index < -0.39 is 32.5 Å². The summed E-state index contributed by atoms with van der Waals surface area (Å²) in [4.78, 5) is 37.1. The molecule has 10 heteroatoms. The lowest BCUT2D eigenvalue weighted by molar-refractivity contribution is -0.373. The van der Waals surface area contributed by atoms with Crippen molar-refractivity contribution < 1.29 is 43.3 Å². The molecule has 0 saturated carbocycles. The molecule has 3 N–H and O–H groups in total. The first kappa shape index (κ1) is 55.2. The summed E-state index contributed by atoms with van der Waals surface area (Å²) in [7, 11) is -4.59. The number of phosphoric ester groups is 1. The van der Waals surface area contributed by atoms with Gasteiger partial charge in [0.1, 0.15) is 13.2 Å². The highest BCUT2D eigenvalue weighted by Crippen LogP contribution is 2.38. The summed E-state index contributed by atoms with van der Waals surface area (Å²) in [6, 6.07) is 0. The number of rotatable bonds is 44. The third-order valence-electron chi connectivity index (χ3n) is 10.1. The lowest BCUT2D eigenvalue weighted by Gasteiger charge is -2.25. The van der Waals surface area contributed by atoms with E-state index in [1.165, 1.54) is 116 Å². The van der Waals surface area contributed by atoms with Gasteiger partial charge in [0.25, 0.3) is 7.82 Å². The molecule has 0 aliphatic rings. The molecular weight excluding hydrogens is 737 g/mol. The maximum Gasteiger partial charge on any atom is 0.306 e. The van der Waals surface area contributed by atoms with E-state index in [0.29, 0.717) is 6.42 Å². The lowest BCUT2D eigenvalue weighted by Crippen LogP contribution is -2.52. The number of esters is 2. The van der Waals surface area contributed by atoms with Gasteiger partial charge < -0.3 is 29.1 Å². The summed E-state index contributed by atoms with van der Waals surface area (Å²) in [5.41, 5.74) is 3.56. The van der Waals surface area contributed by atoms with E-state index >= 15 is 0 Å². The maximum absolute atomic E-state index is 12.6. The Bertz CT molecular complexity index is 1030. The molecule has 0 radical (unpaired) electrons. The molecule has 0 saturated heterocycles. The van der Waals surface area contributed by atoms with Crippen molar-refractivity contribution in [2.24, 2.45) is 0 Å². The summed E-state index contributed by atoms with van der Waals surface area (Å²) < 4.78 is 32.6.